The summed E-state index contributed by atoms with van der Waals surface area (Å²) in [4.78, 5) is 38.2. The van der Waals surface area contributed by atoms with Crippen LogP contribution in [0.25, 0.3) is 0 Å². The summed E-state index contributed by atoms with van der Waals surface area (Å²) in [7, 11) is 0. The molecule has 1 aromatic rings. The summed E-state index contributed by atoms with van der Waals surface area (Å²) in [5, 5.41) is 6.30. The molecule has 0 radical (unpaired) electrons. The highest BCUT2D eigenvalue weighted by Crippen LogP contribution is 2.55. The molecule has 30 heavy (non-hydrogen) atoms. The van der Waals surface area contributed by atoms with Crippen LogP contribution in [0.1, 0.15) is 72.9 Å². The van der Waals surface area contributed by atoms with Gasteiger partial charge in [0, 0.05) is 30.6 Å². The third-order valence-corrected chi connectivity index (χ3v) is 8.29. The predicted molar refractivity (Wildman–Crippen MR) is 110 cm³/mol. The first-order valence-electron chi connectivity index (χ1n) is 11.5. The van der Waals surface area contributed by atoms with Crippen molar-refractivity contribution in [1.82, 2.24) is 15.5 Å². The number of nitrogens with one attached hydrogen (secondary N) is 2. The topological polar surface area (TPSA) is 78.5 Å². The van der Waals surface area contributed by atoms with Crippen LogP contribution in [-0.2, 0) is 22.7 Å². The largest absolute Gasteiger partial charge is 0.322 e. The van der Waals surface area contributed by atoms with Gasteiger partial charge < -0.3 is 10.2 Å². The lowest BCUT2D eigenvalue weighted by atomic mass is 9.53. The number of fused-ring (bicyclic) bond motifs is 1. The molecule has 1 unspecified atom stereocenters. The monoisotopic (exact) mass is 407 g/mol. The van der Waals surface area contributed by atoms with Gasteiger partial charge in [-0.3, -0.25) is 19.7 Å². The zero-order valence-corrected chi connectivity index (χ0v) is 17.3. The maximum atomic E-state index is 12.9. The Hall–Kier alpha value is -2.21. The zero-order chi connectivity index (χ0) is 20.5. The summed E-state index contributed by atoms with van der Waals surface area (Å²) in [5.41, 5.74) is 3.22. The second-order valence-corrected chi connectivity index (χ2v) is 10.4. The normalized spacial score (nSPS) is 36.9. The summed E-state index contributed by atoms with van der Waals surface area (Å²) in [6.07, 6.45) is 9.00. The Morgan fingerprint density at radius 2 is 1.73 bits per heavy atom. The van der Waals surface area contributed by atoms with Crippen LogP contribution in [0.3, 0.4) is 0 Å². The van der Waals surface area contributed by atoms with Crippen LogP contribution in [-0.4, -0.2) is 34.2 Å². The Morgan fingerprint density at radius 3 is 2.40 bits per heavy atom. The Labute approximate surface area is 176 Å². The first kappa shape index (κ1) is 18.6. The van der Waals surface area contributed by atoms with Crippen molar-refractivity contribution in [2.75, 3.05) is 0 Å². The minimum atomic E-state index is -0.545. The number of carbonyl (C=O) groups is 3. The van der Waals surface area contributed by atoms with Gasteiger partial charge in [-0.15, -0.1) is 0 Å². The van der Waals surface area contributed by atoms with E-state index in [1.54, 1.807) is 4.90 Å². The molecule has 6 aliphatic rings. The molecule has 6 nitrogen and oxygen atoms in total. The Morgan fingerprint density at radius 1 is 1.03 bits per heavy atom. The van der Waals surface area contributed by atoms with E-state index < -0.39 is 6.04 Å². The summed E-state index contributed by atoms with van der Waals surface area (Å²) in [5.74, 6) is 2.06. The number of nitrogens with zero attached hydrogens (tertiary/aromatic N) is 1. The molecule has 1 aromatic carbocycles. The van der Waals surface area contributed by atoms with Gasteiger partial charge in [0.05, 0.1) is 0 Å². The first-order chi connectivity index (χ1) is 14.5. The number of carbonyl (C=O) groups excluding carboxylic acids is 3. The summed E-state index contributed by atoms with van der Waals surface area (Å²) in [6.45, 7) is 1.29. The molecular weight excluding hydrogens is 378 g/mol. The van der Waals surface area contributed by atoms with Crippen LogP contribution in [0, 0.1) is 17.8 Å². The molecule has 7 rings (SSSR count). The van der Waals surface area contributed by atoms with Crippen LogP contribution in [0.2, 0.25) is 0 Å². The van der Waals surface area contributed by atoms with Crippen molar-refractivity contribution in [1.29, 1.82) is 0 Å². The zero-order valence-electron chi connectivity index (χ0n) is 17.3. The minimum Gasteiger partial charge on any atom is -0.322 e. The Kier molecular flexibility index (Phi) is 4.11. The summed E-state index contributed by atoms with van der Waals surface area (Å²) in [6, 6.07) is 5.56. The van der Waals surface area contributed by atoms with Crippen molar-refractivity contribution in [3.8, 4) is 0 Å². The molecule has 6 heteroatoms. The molecule has 2 N–H and O–H groups in total. The number of amides is 3. The van der Waals surface area contributed by atoms with E-state index in [-0.39, 0.29) is 24.1 Å². The molecule has 4 saturated carbocycles. The van der Waals surface area contributed by atoms with Gasteiger partial charge in [0.25, 0.3) is 5.91 Å². The SMILES string of the molecule is O=C1CCC(N2Cc3cc(CNC45CC6CC(CC(C6)C4)C5)ccc3C2=O)C(=O)N1. The van der Waals surface area contributed by atoms with Crippen LogP contribution >= 0.6 is 0 Å². The van der Waals surface area contributed by atoms with Gasteiger partial charge in [0.2, 0.25) is 11.8 Å². The third-order valence-electron chi connectivity index (χ3n) is 8.29. The number of hydrogen-bond acceptors (Lipinski definition) is 4. The fraction of sp³-hybridized carbons (Fsp3) is 0.625. The van der Waals surface area contributed by atoms with Crippen molar-refractivity contribution in [2.45, 2.75) is 76.0 Å². The van der Waals surface area contributed by atoms with E-state index in [1.165, 1.54) is 44.1 Å². The van der Waals surface area contributed by atoms with Crippen molar-refractivity contribution in [3.05, 3.63) is 34.9 Å². The molecule has 158 valence electrons. The van der Waals surface area contributed by atoms with Gasteiger partial charge >= 0.3 is 0 Å². The van der Waals surface area contributed by atoms with E-state index in [9.17, 15) is 14.4 Å². The van der Waals surface area contributed by atoms with E-state index in [2.05, 4.69) is 22.8 Å². The lowest BCUT2D eigenvalue weighted by molar-refractivity contribution is -0.136. The molecule has 4 aliphatic carbocycles. The van der Waals surface area contributed by atoms with Gasteiger partial charge in [-0.05, 0) is 79.9 Å². The van der Waals surface area contributed by atoms with Gasteiger partial charge in [-0.2, -0.15) is 0 Å². The predicted octanol–water partition coefficient (Wildman–Crippen LogP) is 2.51. The molecule has 4 bridgehead atoms. The number of hydrogen-bond donors (Lipinski definition) is 2. The van der Waals surface area contributed by atoms with Crippen LogP contribution in [0.4, 0.5) is 0 Å². The highest BCUT2D eigenvalue weighted by molar-refractivity contribution is 6.05. The van der Waals surface area contributed by atoms with Crippen LogP contribution in [0.5, 0.6) is 0 Å². The van der Waals surface area contributed by atoms with E-state index in [4.69, 9.17) is 0 Å². The maximum Gasteiger partial charge on any atom is 0.255 e. The van der Waals surface area contributed by atoms with E-state index in [1.807, 2.05) is 6.07 Å². The molecule has 3 amide bonds. The molecule has 2 heterocycles. The van der Waals surface area contributed by atoms with Crippen molar-refractivity contribution in [3.63, 3.8) is 0 Å². The summed E-state index contributed by atoms with van der Waals surface area (Å²) >= 11 is 0. The number of rotatable bonds is 4. The fourth-order valence-electron chi connectivity index (χ4n) is 7.35. The number of imide groups is 1. The Bertz CT molecular complexity index is 904. The lowest BCUT2D eigenvalue weighted by Crippen LogP contribution is -2.58. The second-order valence-electron chi connectivity index (χ2n) is 10.4. The molecule has 0 spiro atoms. The van der Waals surface area contributed by atoms with Crippen molar-refractivity contribution >= 4 is 17.7 Å². The first-order valence-corrected chi connectivity index (χ1v) is 11.5. The summed E-state index contributed by atoms with van der Waals surface area (Å²) < 4.78 is 0. The van der Waals surface area contributed by atoms with Crippen molar-refractivity contribution < 1.29 is 14.4 Å². The number of piperidine rings is 1. The van der Waals surface area contributed by atoms with Gasteiger partial charge in [-0.1, -0.05) is 12.1 Å². The van der Waals surface area contributed by atoms with Gasteiger partial charge in [-0.25, -0.2) is 0 Å². The quantitative estimate of drug-likeness (QED) is 0.752. The van der Waals surface area contributed by atoms with Crippen LogP contribution in [0.15, 0.2) is 18.2 Å². The smallest absolute Gasteiger partial charge is 0.255 e. The van der Waals surface area contributed by atoms with Gasteiger partial charge in [0.1, 0.15) is 6.04 Å². The molecule has 5 fully saturated rings. The standard InChI is InChI=1S/C24H29N3O3/c28-21-4-3-20(22(29)26-21)27-13-18-8-14(1-2-19(18)23(27)30)12-25-24-9-15-5-16(10-24)7-17(6-15)11-24/h1-2,8,15-17,20,25H,3-7,9-13H2,(H,26,28,29). The second kappa shape index (κ2) is 6.64. The Balaban J connectivity index is 1.16. The molecule has 2 aliphatic heterocycles. The van der Waals surface area contributed by atoms with Gasteiger partial charge in [0.15, 0.2) is 0 Å². The maximum absolute atomic E-state index is 12.9. The van der Waals surface area contributed by atoms with E-state index in [0.29, 0.717) is 24.1 Å². The molecule has 0 aromatic heterocycles. The fourth-order valence-corrected chi connectivity index (χ4v) is 7.35. The van der Waals surface area contributed by atoms with E-state index in [0.717, 1.165) is 29.9 Å². The van der Waals surface area contributed by atoms with Crippen LogP contribution < -0.4 is 10.6 Å². The lowest BCUT2D eigenvalue weighted by Gasteiger charge is -2.57. The molecular formula is C24H29N3O3. The molecule has 1 atom stereocenters. The van der Waals surface area contributed by atoms with E-state index >= 15 is 0 Å². The number of benzene rings is 1. The highest BCUT2D eigenvalue weighted by Gasteiger charge is 2.50. The minimum absolute atomic E-state index is 0.0971. The average Bonchev–Trinajstić information content (AvgIpc) is 3.01. The van der Waals surface area contributed by atoms with Crippen molar-refractivity contribution in [2.24, 2.45) is 17.8 Å². The molecule has 1 saturated heterocycles. The average molecular weight is 408 g/mol. The highest BCUT2D eigenvalue weighted by atomic mass is 16.2. The third kappa shape index (κ3) is 2.99.